The molecule has 1 fully saturated rings. The Morgan fingerprint density at radius 2 is 1.88 bits per heavy atom. The number of piperazine rings is 1. The number of amides is 1. The smallest absolute Gasteiger partial charge is 0.276 e. The van der Waals surface area contributed by atoms with Gasteiger partial charge in [0.2, 0.25) is 0 Å². The standard InChI is InChI=1S/C19H23N3O2/c1-15-16(2)24-20-18(15)19(23)22-13-11-21(12-14-22)10-6-9-17-7-4-3-5-8-17/h3-9H,10-14H2,1-2H3/b9-6+. The summed E-state index contributed by atoms with van der Waals surface area (Å²) in [5.41, 5.74) is 2.50. The molecule has 1 aliphatic rings. The quantitative estimate of drug-likeness (QED) is 0.867. The third-order valence-electron chi connectivity index (χ3n) is 4.49. The minimum Gasteiger partial charge on any atom is -0.361 e. The van der Waals surface area contributed by atoms with Crippen LogP contribution in [0.15, 0.2) is 40.9 Å². The molecule has 2 aromatic rings. The van der Waals surface area contributed by atoms with Gasteiger partial charge in [-0.25, -0.2) is 0 Å². The van der Waals surface area contributed by atoms with E-state index in [4.69, 9.17) is 4.52 Å². The molecule has 0 N–H and O–H groups in total. The van der Waals surface area contributed by atoms with Crippen LogP contribution in [0.5, 0.6) is 0 Å². The van der Waals surface area contributed by atoms with E-state index in [0.717, 1.165) is 38.3 Å². The molecule has 1 aromatic heterocycles. The van der Waals surface area contributed by atoms with Crippen LogP contribution in [-0.2, 0) is 0 Å². The summed E-state index contributed by atoms with van der Waals surface area (Å²) >= 11 is 0. The van der Waals surface area contributed by atoms with Gasteiger partial charge in [0.05, 0.1) is 0 Å². The number of aromatic nitrogens is 1. The molecule has 0 bridgehead atoms. The van der Waals surface area contributed by atoms with Gasteiger partial charge in [-0.2, -0.15) is 0 Å². The van der Waals surface area contributed by atoms with Crippen molar-refractivity contribution in [2.45, 2.75) is 13.8 Å². The number of carbonyl (C=O) groups excluding carboxylic acids is 1. The molecule has 3 rings (SSSR count). The fourth-order valence-corrected chi connectivity index (χ4v) is 2.80. The van der Waals surface area contributed by atoms with E-state index in [9.17, 15) is 4.79 Å². The summed E-state index contributed by atoms with van der Waals surface area (Å²) in [6.45, 7) is 7.81. The third kappa shape index (κ3) is 3.74. The first-order valence-corrected chi connectivity index (χ1v) is 8.31. The van der Waals surface area contributed by atoms with Gasteiger partial charge in [0, 0.05) is 38.3 Å². The number of nitrogens with zero attached hydrogens (tertiary/aromatic N) is 3. The van der Waals surface area contributed by atoms with Gasteiger partial charge in [0.1, 0.15) is 5.76 Å². The average Bonchev–Trinajstić information content (AvgIpc) is 2.95. The van der Waals surface area contributed by atoms with Gasteiger partial charge in [-0.1, -0.05) is 47.6 Å². The van der Waals surface area contributed by atoms with E-state index in [1.165, 1.54) is 5.56 Å². The van der Waals surface area contributed by atoms with Crippen molar-refractivity contribution in [2.75, 3.05) is 32.7 Å². The maximum absolute atomic E-state index is 12.5. The van der Waals surface area contributed by atoms with Crippen LogP contribution in [0, 0.1) is 13.8 Å². The summed E-state index contributed by atoms with van der Waals surface area (Å²) in [5.74, 6) is 0.687. The number of hydrogen-bond acceptors (Lipinski definition) is 4. The molecular formula is C19H23N3O2. The van der Waals surface area contributed by atoms with Gasteiger partial charge in [0.15, 0.2) is 5.69 Å². The molecule has 126 valence electrons. The molecule has 0 atom stereocenters. The first-order valence-electron chi connectivity index (χ1n) is 8.31. The summed E-state index contributed by atoms with van der Waals surface area (Å²) in [4.78, 5) is 16.7. The van der Waals surface area contributed by atoms with Gasteiger partial charge in [-0.15, -0.1) is 0 Å². The number of carbonyl (C=O) groups is 1. The van der Waals surface area contributed by atoms with Crippen molar-refractivity contribution in [3.63, 3.8) is 0 Å². The molecule has 1 aliphatic heterocycles. The third-order valence-corrected chi connectivity index (χ3v) is 4.49. The van der Waals surface area contributed by atoms with Crippen molar-refractivity contribution in [1.29, 1.82) is 0 Å². The monoisotopic (exact) mass is 325 g/mol. The van der Waals surface area contributed by atoms with E-state index in [1.807, 2.05) is 36.9 Å². The van der Waals surface area contributed by atoms with E-state index < -0.39 is 0 Å². The average molecular weight is 325 g/mol. The molecule has 0 spiro atoms. The Bertz CT molecular complexity index is 713. The lowest BCUT2D eigenvalue weighted by Gasteiger charge is -2.33. The molecule has 5 heteroatoms. The molecule has 0 radical (unpaired) electrons. The highest BCUT2D eigenvalue weighted by Gasteiger charge is 2.25. The predicted molar refractivity (Wildman–Crippen MR) is 93.8 cm³/mol. The minimum absolute atomic E-state index is 0.0242. The molecule has 0 saturated carbocycles. The first kappa shape index (κ1) is 16.5. The minimum atomic E-state index is -0.0242. The van der Waals surface area contributed by atoms with E-state index in [2.05, 4.69) is 34.3 Å². The van der Waals surface area contributed by atoms with Crippen LogP contribution in [-0.4, -0.2) is 53.6 Å². The molecule has 2 heterocycles. The van der Waals surface area contributed by atoms with Crippen LogP contribution in [0.1, 0.15) is 27.4 Å². The maximum atomic E-state index is 12.5. The fraction of sp³-hybridized carbons (Fsp3) is 0.368. The number of hydrogen-bond donors (Lipinski definition) is 0. The summed E-state index contributed by atoms with van der Waals surface area (Å²) in [7, 11) is 0. The van der Waals surface area contributed by atoms with Gasteiger partial charge < -0.3 is 9.42 Å². The van der Waals surface area contributed by atoms with Crippen molar-refractivity contribution in [3.05, 3.63) is 59.0 Å². The highest BCUT2D eigenvalue weighted by atomic mass is 16.5. The highest BCUT2D eigenvalue weighted by Crippen LogP contribution is 2.15. The van der Waals surface area contributed by atoms with Crippen LogP contribution >= 0.6 is 0 Å². The largest absolute Gasteiger partial charge is 0.361 e. The lowest BCUT2D eigenvalue weighted by molar-refractivity contribution is 0.0639. The zero-order valence-electron chi connectivity index (χ0n) is 14.2. The zero-order valence-corrected chi connectivity index (χ0v) is 14.2. The van der Waals surface area contributed by atoms with E-state index in [1.54, 1.807) is 0 Å². The van der Waals surface area contributed by atoms with Crippen LogP contribution in [0.3, 0.4) is 0 Å². The van der Waals surface area contributed by atoms with Gasteiger partial charge >= 0.3 is 0 Å². The van der Waals surface area contributed by atoms with E-state index in [-0.39, 0.29) is 5.91 Å². The van der Waals surface area contributed by atoms with Crippen LogP contribution < -0.4 is 0 Å². The molecular weight excluding hydrogens is 302 g/mol. The van der Waals surface area contributed by atoms with Crippen molar-refractivity contribution in [1.82, 2.24) is 15.0 Å². The number of benzene rings is 1. The maximum Gasteiger partial charge on any atom is 0.276 e. The van der Waals surface area contributed by atoms with Gasteiger partial charge in [-0.05, 0) is 19.4 Å². The first-order chi connectivity index (χ1) is 11.6. The Morgan fingerprint density at radius 1 is 1.17 bits per heavy atom. The Morgan fingerprint density at radius 3 is 2.50 bits per heavy atom. The van der Waals surface area contributed by atoms with Gasteiger partial charge in [0.25, 0.3) is 5.91 Å². The van der Waals surface area contributed by atoms with Crippen LogP contribution in [0.4, 0.5) is 0 Å². The molecule has 1 aromatic carbocycles. The second-order valence-electron chi connectivity index (χ2n) is 6.12. The summed E-state index contributed by atoms with van der Waals surface area (Å²) in [6.07, 6.45) is 4.32. The number of rotatable bonds is 4. The SMILES string of the molecule is Cc1onc(C(=O)N2CCN(C/C=C/c3ccccc3)CC2)c1C. The Labute approximate surface area is 142 Å². The molecule has 0 unspecified atom stereocenters. The van der Waals surface area contributed by atoms with Crippen molar-refractivity contribution in [3.8, 4) is 0 Å². The number of aryl methyl sites for hydroxylation is 1. The topological polar surface area (TPSA) is 49.6 Å². The highest BCUT2D eigenvalue weighted by molar-refractivity contribution is 5.93. The predicted octanol–water partition coefficient (Wildman–Crippen LogP) is 2.76. The van der Waals surface area contributed by atoms with Crippen molar-refractivity contribution in [2.24, 2.45) is 0 Å². The summed E-state index contributed by atoms with van der Waals surface area (Å²) < 4.78 is 5.11. The van der Waals surface area contributed by atoms with Crippen molar-refractivity contribution < 1.29 is 9.32 Å². The fourth-order valence-electron chi connectivity index (χ4n) is 2.80. The lowest BCUT2D eigenvalue weighted by atomic mass is 10.2. The molecule has 0 aliphatic carbocycles. The lowest BCUT2D eigenvalue weighted by Crippen LogP contribution is -2.48. The molecule has 1 amide bonds. The normalized spacial score (nSPS) is 16.0. The Hall–Kier alpha value is -2.40. The molecule has 5 nitrogen and oxygen atoms in total. The Kier molecular flexibility index (Phi) is 5.11. The Balaban J connectivity index is 1.50. The second kappa shape index (κ2) is 7.45. The van der Waals surface area contributed by atoms with Crippen molar-refractivity contribution >= 4 is 12.0 Å². The van der Waals surface area contributed by atoms with Crippen LogP contribution in [0.2, 0.25) is 0 Å². The zero-order chi connectivity index (χ0) is 16.9. The summed E-state index contributed by atoms with van der Waals surface area (Å²) in [5, 5.41) is 3.90. The second-order valence-corrected chi connectivity index (χ2v) is 6.12. The van der Waals surface area contributed by atoms with Crippen LogP contribution in [0.25, 0.3) is 6.08 Å². The van der Waals surface area contributed by atoms with E-state index >= 15 is 0 Å². The van der Waals surface area contributed by atoms with E-state index in [0.29, 0.717) is 11.5 Å². The molecule has 1 saturated heterocycles. The summed E-state index contributed by atoms with van der Waals surface area (Å²) in [6, 6.07) is 10.3. The van der Waals surface area contributed by atoms with Gasteiger partial charge in [-0.3, -0.25) is 9.69 Å². The molecule has 24 heavy (non-hydrogen) atoms.